The second-order valence-corrected chi connectivity index (χ2v) is 10.2. The van der Waals surface area contributed by atoms with Crippen molar-refractivity contribution in [2.75, 3.05) is 6.61 Å². The zero-order valence-electron chi connectivity index (χ0n) is 19.9. The molecule has 0 bridgehead atoms. The van der Waals surface area contributed by atoms with Gasteiger partial charge in [-0.2, -0.15) is 0 Å². The van der Waals surface area contributed by atoms with E-state index in [1.807, 2.05) is 80.6 Å². The molecule has 0 aliphatic carbocycles. The Labute approximate surface area is 224 Å². The van der Waals surface area contributed by atoms with Crippen molar-refractivity contribution >= 4 is 43.7 Å². The quantitative estimate of drug-likeness (QED) is 0.287. The predicted molar refractivity (Wildman–Crippen MR) is 146 cm³/mol. The second-order valence-electron chi connectivity index (χ2n) is 8.42. The van der Waals surface area contributed by atoms with Crippen molar-refractivity contribution in [2.45, 2.75) is 45.3 Å². The number of nitrogens with zero attached hydrogens (tertiary/aromatic N) is 1. The van der Waals surface area contributed by atoms with Crippen LogP contribution in [0, 0.1) is 0 Å². The van der Waals surface area contributed by atoms with Crippen LogP contribution in [0.1, 0.15) is 31.4 Å². The molecule has 0 aliphatic heterocycles. The molecule has 0 saturated heterocycles. The maximum Gasteiger partial charge on any atom is 0.261 e. The van der Waals surface area contributed by atoms with E-state index in [2.05, 4.69) is 37.2 Å². The van der Waals surface area contributed by atoms with Crippen molar-refractivity contribution < 1.29 is 14.3 Å². The van der Waals surface area contributed by atoms with Crippen LogP contribution in [0.2, 0.25) is 0 Å². The molecule has 0 unspecified atom stereocenters. The van der Waals surface area contributed by atoms with E-state index in [-0.39, 0.29) is 31.0 Å². The average Bonchev–Trinajstić information content (AvgIpc) is 2.86. The fraction of sp³-hybridized carbons (Fsp3) is 0.286. The maximum atomic E-state index is 13.6. The highest BCUT2D eigenvalue weighted by atomic mass is 79.9. The van der Waals surface area contributed by atoms with Crippen molar-refractivity contribution in [3.05, 3.63) is 98.9 Å². The fourth-order valence-corrected chi connectivity index (χ4v) is 4.30. The monoisotopic (exact) mass is 600 g/mol. The zero-order chi connectivity index (χ0) is 25.2. The summed E-state index contributed by atoms with van der Waals surface area (Å²) in [5.74, 6) is 0.163. The van der Waals surface area contributed by atoms with Gasteiger partial charge >= 0.3 is 0 Å². The molecule has 184 valence electrons. The van der Waals surface area contributed by atoms with E-state index in [1.165, 1.54) is 0 Å². The highest BCUT2D eigenvalue weighted by Gasteiger charge is 2.31. The molecule has 0 spiro atoms. The van der Waals surface area contributed by atoms with Gasteiger partial charge in [0.25, 0.3) is 5.91 Å². The lowest BCUT2D eigenvalue weighted by Gasteiger charge is -2.32. The first-order valence-electron chi connectivity index (χ1n) is 11.6. The molecule has 0 aromatic heterocycles. The molecular weight excluding hydrogens is 572 g/mol. The average molecular weight is 602 g/mol. The minimum absolute atomic E-state index is 0.00242. The zero-order valence-corrected chi connectivity index (χ0v) is 23.1. The summed E-state index contributed by atoms with van der Waals surface area (Å²) in [5, 5.41) is 3.07. The standard InChI is InChI=1S/C28H30Br2N2O3/c1-3-20(2)31-28(34)26(17-21-8-5-4-6-9-21)32(18-22-10-7-11-24(30)16-22)27(33)19-35-25-14-12-23(29)13-15-25/h4-16,20,26H,3,17-19H2,1-2H3,(H,31,34)/t20-,26+/m1/s1. The Bertz CT molecular complexity index is 1110. The Balaban J connectivity index is 1.90. The van der Waals surface area contributed by atoms with Crippen molar-refractivity contribution in [1.82, 2.24) is 10.2 Å². The number of hydrogen-bond donors (Lipinski definition) is 1. The van der Waals surface area contributed by atoms with E-state index in [1.54, 1.807) is 17.0 Å². The lowest BCUT2D eigenvalue weighted by atomic mass is 10.0. The van der Waals surface area contributed by atoms with Gasteiger partial charge in [-0.25, -0.2) is 0 Å². The molecule has 0 fully saturated rings. The van der Waals surface area contributed by atoms with Crippen LogP contribution >= 0.6 is 31.9 Å². The van der Waals surface area contributed by atoms with Crippen LogP contribution in [-0.4, -0.2) is 35.4 Å². The number of halogens is 2. The first-order chi connectivity index (χ1) is 16.9. The van der Waals surface area contributed by atoms with E-state index >= 15 is 0 Å². The molecule has 0 aliphatic rings. The largest absolute Gasteiger partial charge is 0.484 e. The summed E-state index contributed by atoms with van der Waals surface area (Å²) in [6.45, 7) is 4.10. The molecule has 1 N–H and O–H groups in total. The van der Waals surface area contributed by atoms with Crippen molar-refractivity contribution in [2.24, 2.45) is 0 Å². The molecule has 3 rings (SSSR count). The first kappa shape index (κ1) is 27.0. The normalized spacial score (nSPS) is 12.5. The molecule has 5 nitrogen and oxygen atoms in total. The van der Waals surface area contributed by atoms with Gasteiger partial charge in [0.2, 0.25) is 5.91 Å². The summed E-state index contributed by atoms with van der Waals surface area (Å²) in [7, 11) is 0. The third kappa shape index (κ3) is 8.51. The molecule has 2 amide bonds. The van der Waals surface area contributed by atoms with Crippen LogP contribution in [0.4, 0.5) is 0 Å². The number of carbonyl (C=O) groups is 2. The van der Waals surface area contributed by atoms with Gasteiger partial charge in [-0.15, -0.1) is 0 Å². The minimum Gasteiger partial charge on any atom is -0.484 e. The molecule has 0 radical (unpaired) electrons. The molecule has 35 heavy (non-hydrogen) atoms. The molecule has 3 aromatic carbocycles. The molecule has 3 aromatic rings. The van der Waals surface area contributed by atoms with E-state index in [0.717, 1.165) is 26.5 Å². The lowest BCUT2D eigenvalue weighted by Crippen LogP contribution is -2.53. The summed E-state index contributed by atoms with van der Waals surface area (Å²) in [4.78, 5) is 28.7. The van der Waals surface area contributed by atoms with Gasteiger partial charge in [-0.1, -0.05) is 81.2 Å². The number of rotatable bonds is 11. The highest BCUT2D eigenvalue weighted by molar-refractivity contribution is 9.10. The Hall–Kier alpha value is -2.64. The van der Waals surface area contributed by atoms with Crippen molar-refractivity contribution in [1.29, 1.82) is 0 Å². The molecule has 7 heteroatoms. The third-order valence-electron chi connectivity index (χ3n) is 5.69. The predicted octanol–water partition coefficient (Wildman–Crippen LogP) is 6.15. The number of carbonyl (C=O) groups excluding carboxylic acids is 2. The number of benzene rings is 3. The van der Waals surface area contributed by atoms with Gasteiger partial charge < -0.3 is 15.0 Å². The molecular formula is C28H30Br2N2O3. The van der Waals surface area contributed by atoms with Crippen LogP contribution in [0.15, 0.2) is 87.8 Å². The Kier molecular flexibility index (Phi) is 10.4. The van der Waals surface area contributed by atoms with Gasteiger partial charge in [0, 0.05) is 28.0 Å². The van der Waals surface area contributed by atoms with Crippen LogP contribution in [-0.2, 0) is 22.6 Å². The summed E-state index contributed by atoms with van der Waals surface area (Å²) < 4.78 is 7.64. The van der Waals surface area contributed by atoms with E-state index in [4.69, 9.17) is 4.74 Å². The summed E-state index contributed by atoms with van der Waals surface area (Å²) >= 11 is 6.91. The SMILES string of the molecule is CC[C@@H](C)NC(=O)[C@H](Cc1ccccc1)N(Cc1cccc(Br)c1)C(=O)COc1ccc(Br)cc1. The molecule has 0 heterocycles. The summed E-state index contributed by atoms with van der Waals surface area (Å²) in [6, 6.07) is 24.2. The van der Waals surface area contributed by atoms with Gasteiger partial charge in [0.05, 0.1) is 0 Å². The summed E-state index contributed by atoms with van der Waals surface area (Å²) in [5.41, 5.74) is 1.91. The van der Waals surface area contributed by atoms with Crippen LogP contribution in [0.25, 0.3) is 0 Å². The third-order valence-corrected chi connectivity index (χ3v) is 6.71. The second kappa shape index (κ2) is 13.4. The van der Waals surface area contributed by atoms with E-state index in [9.17, 15) is 9.59 Å². The number of ether oxygens (including phenoxy) is 1. The van der Waals surface area contributed by atoms with E-state index < -0.39 is 6.04 Å². The minimum atomic E-state index is -0.689. The fourth-order valence-electron chi connectivity index (χ4n) is 3.59. The smallest absolute Gasteiger partial charge is 0.261 e. The number of hydrogen-bond acceptors (Lipinski definition) is 3. The van der Waals surface area contributed by atoms with E-state index in [0.29, 0.717) is 12.2 Å². The van der Waals surface area contributed by atoms with Gasteiger partial charge in [-0.3, -0.25) is 9.59 Å². The first-order valence-corrected chi connectivity index (χ1v) is 13.2. The number of amides is 2. The van der Waals surface area contributed by atoms with Crippen LogP contribution in [0.3, 0.4) is 0 Å². The molecule has 2 atom stereocenters. The highest BCUT2D eigenvalue weighted by Crippen LogP contribution is 2.20. The number of nitrogens with one attached hydrogen (secondary N) is 1. The van der Waals surface area contributed by atoms with Gasteiger partial charge in [0.15, 0.2) is 6.61 Å². The summed E-state index contributed by atoms with van der Waals surface area (Å²) in [6.07, 6.45) is 1.21. The Morgan fingerprint density at radius 2 is 1.60 bits per heavy atom. The lowest BCUT2D eigenvalue weighted by molar-refractivity contribution is -0.143. The van der Waals surface area contributed by atoms with Crippen LogP contribution < -0.4 is 10.1 Å². The maximum absolute atomic E-state index is 13.6. The van der Waals surface area contributed by atoms with Gasteiger partial charge in [0.1, 0.15) is 11.8 Å². The molecule has 0 saturated carbocycles. The van der Waals surface area contributed by atoms with Gasteiger partial charge in [-0.05, 0) is 60.9 Å². The van der Waals surface area contributed by atoms with Crippen molar-refractivity contribution in [3.8, 4) is 5.75 Å². The van der Waals surface area contributed by atoms with Crippen molar-refractivity contribution in [3.63, 3.8) is 0 Å². The Morgan fingerprint density at radius 1 is 0.914 bits per heavy atom. The Morgan fingerprint density at radius 3 is 2.26 bits per heavy atom. The topological polar surface area (TPSA) is 58.6 Å². The van der Waals surface area contributed by atoms with Crippen LogP contribution in [0.5, 0.6) is 5.75 Å².